The summed E-state index contributed by atoms with van der Waals surface area (Å²) in [6, 6.07) is 9.50. The lowest BCUT2D eigenvalue weighted by Gasteiger charge is -2.29. The number of nitriles is 1. The van der Waals surface area contributed by atoms with E-state index in [0.29, 0.717) is 11.3 Å². The summed E-state index contributed by atoms with van der Waals surface area (Å²) in [5.41, 5.74) is 0.240. The molecule has 98 valence electrons. The third kappa shape index (κ3) is 1.95. The lowest BCUT2D eigenvalue weighted by Crippen LogP contribution is -2.38. The molecule has 0 bridgehead atoms. The van der Waals surface area contributed by atoms with Crippen LogP contribution in [0.25, 0.3) is 0 Å². The summed E-state index contributed by atoms with van der Waals surface area (Å²) in [5, 5.41) is 21.9. The van der Waals surface area contributed by atoms with Crippen molar-refractivity contribution in [2.45, 2.75) is 11.6 Å². The highest BCUT2D eigenvalue weighted by atomic mass is 32.1. The summed E-state index contributed by atoms with van der Waals surface area (Å²) in [6.45, 7) is 0. The molecule has 1 N–H and O–H groups in total. The second-order valence-corrected chi connectivity index (χ2v) is 5.36. The van der Waals surface area contributed by atoms with E-state index in [0.717, 1.165) is 4.88 Å². The van der Waals surface area contributed by atoms with Crippen LogP contribution in [0.4, 0.5) is 0 Å². The van der Waals surface area contributed by atoms with Gasteiger partial charge in [-0.1, -0.05) is 12.1 Å². The number of aromatic nitrogens is 1. The van der Waals surface area contributed by atoms with Crippen LogP contribution < -0.4 is 0 Å². The minimum Gasteiger partial charge on any atom is -0.370 e. The number of thiophene rings is 1. The van der Waals surface area contributed by atoms with E-state index in [9.17, 15) is 10.4 Å². The number of aliphatic hydroxyl groups excluding tert-OH is 1. The van der Waals surface area contributed by atoms with Gasteiger partial charge in [-0.3, -0.25) is 9.98 Å². The van der Waals surface area contributed by atoms with E-state index in [1.807, 2.05) is 17.5 Å². The molecular formula is C15H11N3OS. The molecule has 0 saturated carbocycles. The number of hydrogen-bond acceptors (Lipinski definition) is 5. The number of rotatable bonds is 2. The third-order valence-electron chi connectivity index (χ3n) is 3.29. The molecule has 2 unspecified atom stereocenters. The highest BCUT2D eigenvalue weighted by Crippen LogP contribution is 2.33. The summed E-state index contributed by atoms with van der Waals surface area (Å²) < 4.78 is 0. The van der Waals surface area contributed by atoms with Gasteiger partial charge >= 0.3 is 0 Å². The number of allylic oxidation sites excluding steroid dienone is 1. The van der Waals surface area contributed by atoms with Gasteiger partial charge in [0.05, 0.1) is 16.7 Å². The van der Waals surface area contributed by atoms with Crippen molar-refractivity contribution in [3.8, 4) is 6.07 Å². The van der Waals surface area contributed by atoms with Gasteiger partial charge in [-0.05, 0) is 35.2 Å². The molecule has 3 rings (SSSR count). The lowest BCUT2D eigenvalue weighted by atomic mass is 9.78. The molecule has 0 saturated heterocycles. The van der Waals surface area contributed by atoms with Crippen LogP contribution >= 0.6 is 11.3 Å². The average molecular weight is 281 g/mol. The largest absolute Gasteiger partial charge is 0.370 e. The number of pyridine rings is 1. The number of nitrogens with zero attached hydrogens (tertiary/aromatic N) is 3. The Morgan fingerprint density at radius 3 is 2.70 bits per heavy atom. The van der Waals surface area contributed by atoms with E-state index in [1.54, 1.807) is 48.0 Å². The Hall–Kier alpha value is -2.29. The second-order valence-electron chi connectivity index (χ2n) is 4.42. The molecule has 20 heavy (non-hydrogen) atoms. The Morgan fingerprint density at radius 1 is 1.30 bits per heavy atom. The van der Waals surface area contributed by atoms with Crippen molar-refractivity contribution >= 4 is 17.0 Å². The Bertz CT molecular complexity index is 700. The number of hydrogen-bond donors (Lipinski definition) is 1. The predicted octanol–water partition coefficient (Wildman–Crippen LogP) is 2.28. The van der Waals surface area contributed by atoms with Gasteiger partial charge < -0.3 is 5.11 Å². The van der Waals surface area contributed by atoms with Gasteiger partial charge in [0.2, 0.25) is 0 Å². The summed E-state index contributed by atoms with van der Waals surface area (Å²) >= 11 is 1.55. The highest BCUT2D eigenvalue weighted by Gasteiger charge is 2.40. The van der Waals surface area contributed by atoms with Crippen molar-refractivity contribution in [3.05, 3.63) is 64.6 Å². The molecule has 1 aliphatic rings. The van der Waals surface area contributed by atoms with Crippen molar-refractivity contribution < 1.29 is 5.11 Å². The molecule has 2 atom stereocenters. The van der Waals surface area contributed by atoms with Crippen LogP contribution in [0.2, 0.25) is 0 Å². The average Bonchev–Trinajstić information content (AvgIpc) is 3.03. The molecule has 0 aromatic carbocycles. The maximum absolute atomic E-state index is 10.4. The summed E-state index contributed by atoms with van der Waals surface area (Å²) in [5.74, 6) is 0. The molecule has 2 aromatic heterocycles. The maximum atomic E-state index is 10.4. The molecule has 5 heteroatoms. The molecule has 0 aliphatic carbocycles. The fourth-order valence-electron chi connectivity index (χ4n) is 2.18. The fourth-order valence-corrected chi connectivity index (χ4v) is 2.88. The predicted molar refractivity (Wildman–Crippen MR) is 77.5 cm³/mol. The summed E-state index contributed by atoms with van der Waals surface area (Å²) in [7, 11) is 0. The van der Waals surface area contributed by atoms with Crippen LogP contribution in [0.3, 0.4) is 0 Å². The van der Waals surface area contributed by atoms with Crippen molar-refractivity contribution in [3.63, 3.8) is 0 Å². The fraction of sp³-hybridized carbons (Fsp3) is 0.133. The van der Waals surface area contributed by atoms with Gasteiger partial charge in [-0.2, -0.15) is 5.26 Å². The molecule has 3 heterocycles. The van der Waals surface area contributed by atoms with E-state index in [-0.39, 0.29) is 0 Å². The Kier molecular flexibility index (Phi) is 3.18. The molecule has 0 fully saturated rings. The monoisotopic (exact) mass is 281 g/mol. The van der Waals surface area contributed by atoms with Crippen LogP contribution in [0.1, 0.15) is 10.4 Å². The van der Waals surface area contributed by atoms with E-state index in [4.69, 9.17) is 0 Å². The number of aliphatic imine (C=N–C) groups is 1. The van der Waals surface area contributed by atoms with E-state index in [1.165, 1.54) is 0 Å². The third-order valence-corrected chi connectivity index (χ3v) is 4.18. The smallest absolute Gasteiger partial charge is 0.172 e. The first-order valence-electron chi connectivity index (χ1n) is 6.07. The van der Waals surface area contributed by atoms with Gasteiger partial charge in [0.25, 0.3) is 0 Å². The zero-order valence-electron chi connectivity index (χ0n) is 10.5. The Morgan fingerprint density at radius 2 is 2.10 bits per heavy atom. The standard InChI is InChI=1S/C15H11N3OS/c16-10-15(11-4-7-17-8-5-11)6-3-12(18-14(15)19)13-2-1-9-20-13/h1-9,14,19H. The van der Waals surface area contributed by atoms with Crippen LogP contribution in [-0.4, -0.2) is 22.0 Å². The normalized spacial score (nSPS) is 25.0. The molecular weight excluding hydrogens is 270 g/mol. The topological polar surface area (TPSA) is 69.3 Å². The SMILES string of the molecule is N#CC1(c2ccncc2)C=CC(c2cccs2)=NC1O. The van der Waals surface area contributed by atoms with E-state index in [2.05, 4.69) is 16.0 Å². The minimum atomic E-state index is -1.15. The number of dihydropyridines is 1. The summed E-state index contributed by atoms with van der Waals surface area (Å²) in [6.07, 6.45) is 5.59. The van der Waals surface area contributed by atoms with Crippen molar-refractivity contribution in [1.82, 2.24) is 4.98 Å². The Labute approximate surface area is 120 Å². The van der Waals surface area contributed by atoms with E-state index < -0.39 is 11.6 Å². The van der Waals surface area contributed by atoms with Gasteiger partial charge in [-0.25, -0.2) is 0 Å². The van der Waals surface area contributed by atoms with Gasteiger partial charge in [0.15, 0.2) is 6.23 Å². The van der Waals surface area contributed by atoms with Crippen molar-refractivity contribution in [2.75, 3.05) is 0 Å². The van der Waals surface area contributed by atoms with Gasteiger partial charge in [-0.15, -0.1) is 11.3 Å². The molecule has 0 radical (unpaired) electrons. The summed E-state index contributed by atoms with van der Waals surface area (Å²) in [4.78, 5) is 9.19. The second kappa shape index (κ2) is 5.00. The van der Waals surface area contributed by atoms with Gasteiger partial charge in [0, 0.05) is 12.4 Å². The van der Waals surface area contributed by atoms with Crippen LogP contribution in [0, 0.1) is 11.3 Å². The molecule has 1 aliphatic heterocycles. The number of aliphatic hydroxyl groups is 1. The van der Waals surface area contributed by atoms with Gasteiger partial charge in [0.1, 0.15) is 5.41 Å². The zero-order valence-corrected chi connectivity index (χ0v) is 11.3. The lowest BCUT2D eigenvalue weighted by molar-refractivity contribution is 0.139. The molecule has 0 amide bonds. The first-order chi connectivity index (χ1) is 9.76. The Balaban J connectivity index is 2.02. The van der Waals surface area contributed by atoms with E-state index >= 15 is 0 Å². The zero-order chi connectivity index (χ0) is 14.0. The first-order valence-corrected chi connectivity index (χ1v) is 6.95. The first kappa shape index (κ1) is 12.7. The van der Waals surface area contributed by atoms with Crippen LogP contribution in [0.5, 0.6) is 0 Å². The molecule has 0 spiro atoms. The molecule has 4 nitrogen and oxygen atoms in total. The highest BCUT2D eigenvalue weighted by molar-refractivity contribution is 7.12. The quantitative estimate of drug-likeness (QED) is 0.918. The van der Waals surface area contributed by atoms with Crippen molar-refractivity contribution in [1.29, 1.82) is 5.26 Å². The van der Waals surface area contributed by atoms with Crippen LogP contribution in [-0.2, 0) is 5.41 Å². The minimum absolute atomic E-state index is 0.688. The van der Waals surface area contributed by atoms with Crippen LogP contribution in [0.15, 0.2) is 59.2 Å². The maximum Gasteiger partial charge on any atom is 0.172 e. The molecule has 2 aromatic rings. The van der Waals surface area contributed by atoms with Crippen molar-refractivity contribution in [2.24, 2.45) is 4.99 Å².